The van der Waals surface area contributed by atoms with Crippen LogP contribution >= 0.6 is 0 Å². The summed E-state index contributed by atoms with van der Waals surface area (Å²) >= 11 is 0. The Labute approximate surface area is 162 Å². The maximum absolute atomic E-state index is 12.2. The summed E-state index contributed by atoms with van der Waals surface area (Å²) in [5.41, 5.74) is 2.23. The number of ether oxygens (including phenoxy) is 1. The molecule has 2 aromatic carbocycles. The van der Waals surface area contributed by atoms with Crippen LogP contribution in [-0.4, -0.2) is 19.0 Å². The monoisotopic (exact) mass is 366 g/mol. The van der Waals surface area contributed by atoms with Gasteiger partial charge in [-0.2, -0.15) is 0 Å². The normalized spacial score (nSPS) is 15.9. The Kier molecular flexibility index (Phi) is 7.28. The minimum absolute atomic E-state index is 0.150. The number of amides is 1. The van der Waals surface area contributed by atoms with E-state index in [1.807, 2.05) is 30.3 Å². The van der Waals surface area contributed by atoms with Crippen molar-refractivity contribution in [3.8, 4) is 5.75 Å². The average molecular weight is 367 g/mol. The van der Waals surface area contributed by atoms with Crippen LogP contribution in [0, 0.1) is 11.8 Å². The number of hydrogen-bond donors (Lipinski definition) is 2. The lowest BCUT2D eigenvalue weighted by Gasteiger charge is -2.27. The Balaban J connectivity index is 1.39. The lowest BCUT2D eigenvalue weighted by atomic mass is 9.84. The van der Waals surface area contributed by atoms with Gasteiger partial charge in [-0.15, -0.1) is 0 Å². The SMILES string of the molecule is CC(CC(=O)NCc1ccc(COc2ccccc2)cc1)C1CCNCC1. The van der Waals surface area contributed by atoms with E-state index in [0.717, 1.165) is 30.0 Å². The molecular formula is C23H30N2O2. The van der Waals surface area contributed by atoms with E-state index in [1.165, 1.54) is 12.8 Å². The van der Waals surface area contributed by atoms with Crippen LogP contribution in [0.15, 0.2) is 54.6 Å². The molecule has 0 aromatic heterocycles. The molecule has 1 atom stereocenters. The molecule has 0 spiro atoms. The standard InChI is InChI=1S/C23H30N2O2/c1-18(21-11-13-24-14-12-21)15-23(26)25-16-19-7-9-20(10-8-19)17-27-22-5-3-2-4-6-22/h2-10,18,21,24H,11-17H2,1H3,(H,25,26). The quantitative estimate of drug-likeness (QED) is 0.745. The van der Waals surface area contributed by atoms with E-state index in [2.05, 4.69) is 41.8 Å². The van der Waals surface area contributed by atoms with Crippen molar-refractivity contribution in [1.82, 2.24) is 10.6 Å². The molecule has 4 heteroatoms. The number of benzene rings is 2. The van der Waals surface area contributed by atoms with Crippen molar-refractivity contribution in [3.63, 3.8) is 0 Å². The van der Waals surface area contributed by atoms with Crippen LogP contribution in [0.3, 0.4) is 0 Å². The predicted molar refractivity (Wildman–Crippen MR) is 108 cm³/mol. The number of piperidine rings is 1. The van der Waals surface area contributed by atoms with E-state index in [4.69, 9.17) is 4.74 Å². The molecule has 3 rings (SSSR count). The van der Waals surface area contributed by atoms with Gasteiger partial charge in [-0.05, 0) is 61.0 Å². The van der Waals surface area contributed by atoms with Crippen LogP contribution in [-0.2, 0) is 17.9 Å². The molecule has 2 aromatic rings. The van der Waals surface area contributed by atoms with Gasteiger partial charge < -0.3 is 15.4 Å². The van der Waals surface area contributed by atoms with E-state index in [1.54, 1.807) is 0 Å². The average Bonchev–Trinajstić information content (AvgIpc) is 2.73. The van der Waals surface area contributed by atoms with Gasteiger partial charge in [0.15, 0.2) is 0 Å². The Bertz CT molecular complexity index is 694. The van der Waals surface area contributed by atoms with Crippen LogP contribution in [0.2, 0.25) is 0 Å². The summed E-state index contributed by atoms with van der Waals surface area (Å²) in [7, 11) is 0. The third kappa shape index (κ3) is 6.40. The number of carbonyl (C=O) groups excluding carboxylic acids is 1. The third-order valence-corrected chi connectivity index (χ3v) is 5.36. The molecule has 0 bridgehead atoms. The number of carbonyl (C=O) groups is 1. The highest BCUT2D eigenvalue weighted by atomic mass is 16.5. The maximum Gasteiger partial charge on any atom is 0.220 e. The summed E-state index contributed by atoms with van der Waals surface area (Å²) in [6.45, 7) is 5.49. The van der Waals surface area contributed by atoms with Gasteiger partial charge >= 0.3 is 0 Å². The molecule has 0 aliphatic carbocycles. The molecule has 2 N–H and O–H groups in total. The van der Waals surface area contributed by atoms with Crippen molar-refractivity contribution in [3.05, 3.63) is 65.7 Å². The van der Waals surface area contributed by atoms with E-state index in [-0.39, 0.29) is 5.91 Å². The lowest BCUT2D eigenvalue weighted by molar-refractivity contribution is -0.122. The van der Waals surface area contributed by atoms with Gasteiger partial charge in [0.2, 0.25) is 5.91 Å². The van der Waals surface area contributed by atoms with Crippen molar-refractivity contribution in [2.45, 2.75) is 39.3 Å². The zero-order valence-electron chi connectivity index (χ0n) is 16.1. The van der Waals surface area contributed by atoms with Gasteiger partial charge in [0.1, 0.15) is 12.4 Å². The first-order valence-corrected chi connectivity index (χ1v) is 9.94. The molecule has 0 saturated carbocycles. The maximum atomic E-state index is 12.2. The Hall–Kier alpha value is -2.33. The first kappa shape index (κ1) is 19.4. The molecular weight excluding hydrogens is 336 g/mol. The fourth-order valence-corrected chi connectivity index (χ4v) is 3.58. The topological polar surface area (TPSA) is 50.4 Å². The van der Waals surface area contributed by atoms with E-state index < -0.39 is 0 Å². The summed E-state index contributed by atoms with van der Waals surface area (Å²) in [5, 5.41) is 6.44. The number of hydrogen-bond acceptors (Lipinski definition) is 3. The molecule has 1 fully saturated rings. The summed E-state index contributed by atoms with van der Waals surface area (Å²) in [6.07, 6.45) is 2.98. The molecule has 1 unspecified atom stereocenters. The molecule has 144 valence electrons. The Morgan fingerprint density at radius 2 is 1.74 bits per heavy atom. The van der Waals surface area contributed by atoms with Crippen molar-refractivity contribution >= 4 is 5.91 Å². The van der Waals surface area contributed by atoms with E-state index in [0.29, 0.717) is 31.4 Å². The van der Waals surface area contributed by atoms with Crippen LogP contribution in [0.4, 0.5) is 0 Å². The molecule has 1 amide bonds. The van der Waals surface area contributed by atoms with Gasteiger partial charge in [0, 0.05) is 13.0 Å². The molecule has 1 aliphatic rings. The van der Waals surface area contributed by atoms with Gasteiger partial charge in [0.05, 0.1) is 0 Å². The largest absolute Gasteiger partial charge is 0.489 e. The van der Waals surface area contributed by atoms with Gasteiger partial charge in [-0.3, -0.25) is 4.79 Å². The molecule has 0 radical (unpaired) electrons. The van der Waals surface area contributed by atoms with Crippen molar-refractivity contribution in [1.29, 1.82) is 0 Å². The zero-order chi connectivity index (χ0) is 18.9. The van der Waals surface area contributed by atoms with Crippen LogP contribution in [0.25, 0.3) is 0 Å². The predicted octanol–water partition coefficient (Wildman–Crippen LogP) is 3.91. The second-order valence-electron chi connectivity index (χ2n) is 7.46. The first-order chi connectivity index (χ1) is 13.2. The van der Waals surface area contributed by atoms with Crippen LogP contribution < -0.4 is 15.4 Å². The molecule has 1 heterocycles. The zero-order valence-corrected chi connectivity index (χ0v) is 16.1. The highest BCUT2D eigenvalue weighted by Gasteiger charge is 2.21. The highest BCUT2D eigenvalue weighted by Crippen LogP contribution is 2.24. The number of rotatable bonds is 8. The van der Waals surface area contributed by atoms with E-state index >= 15 is 0 Å². The second kappa shape index (κ2) is 10.1. The van der Waals surface area contributed by atoms with E-state index in [9.17, 15) is 4.79 Å². The summed E-state index contributed by atoms with van der Waals surface area (Å²) in [4.78, 5) is 12.2. The molecule has 1 aliphatic heterocycles. The Morgan fingerprint density at radius 3 is 2.44 bits per heavy atom. The molecule has 1 saturated heterocycles. The second-order valence-corrected chi connectivity index (χ2v) is 7.46. The smallest absolute Gasteiger partial charge is 0.220 e. The number of para-hydroxylation sites is 1. The van der Waals surface area contributed by atoms with Gasteiger partial charge in [-0.1, -0.05) is 49.4 Å². The van der Waals surface area contributed by atoms with Crippen molar-refractivity contribution < 1.29 is 9.53 Å². The van der Waals surface area contributed by atoms with Gasteiger partial charge in [0.25, 0.3) is 0 Å². The summed E-state index contributed by atoms with van der Waals surface area (Å²) in [5.74, 6) is 2.14. The fraction of sp³-hybridized carbons (Fsp3) is 0.435. The third-order valence-electron chi connectivity index (χ3n) is 5.36. The lowest BCUT2D eigenvalue weighted by Crippen LogP contribution is -2.33. The first-order valence-electron chi connectivity index (χ1n) is 9.94. The molecule has 27 heavy (non-hydrogen) atoms. The van der Waals surface area contributed by atoms with Crippen LogP contribution in [0.5, 0.6) is 5.75 Å². The summed E-state index contributed by atoms with van der Waals surface area (Å²) in [6, 6.07) is 18.0. The fourth-order valence-electron chi connectivity index (χ4n) is 3.58. The summed E-state index contributed by atoms with van der Waals surface area (Å²) < 4.78 is 5.76. The minimum atomic E-state index is 0.150. The Morgan fingerprint density at radius 1 is 1.07 bits per heavy atom. The van der Waals surface area contributed by atoms with Crippen LogP contribution in [0.1, 0.15) is 37.3 Å². The highest BCUT2D eigenvalue weighted by molar-refractivity contribution is 5.76. The minimum Gasteiger partial charge on any atom is -0.489 e. The van der Waals surface area contributed by atoms with Gasteiger partial charge in [-0.25, -0.2) is 0 Å². The number of nitrogens with one attached hydrogen (secondary N) is 2. The van der Waals surface area contributed by atoms with Crippen molar-refractivity contribution in [2.24, 2.45) is 11.8 Å². The van der Waals surface area contributed by atoms with Crippen molar-refractivity contribution in [2.75, 3.05) is 13.1 Å². The molecule has 4 nitrogen and oxygen atoms in total.